The van der Waals surface area contributed by atoms with Gasteiger partial charge < -0.3 is 15.4 Å². The third-order valence-electron chi connectivity index (χ3n) is 5.93. The molecular formula is C29H23ClN4O2S. The zero-order chi connectivity index (χ0) is 26.4. The molecule has 1 aliphatic rings. The van der Waals surface area contributed by atoms with E-state index >= 15 is 0 Å². The van der Waals surface area contributed by atoms with Gasteiger partial charge in [-0.15, -0.1) is 11.8 Å². The van der Waals surface area contributed by atoms with Crippen LogP contribution >= 0.6 is 23.4 Å². The molecule has 0 saturated heterocycles. The topological polar surface area (TPSA) is 97.9 Å². The quantitative estimate of drug-likeness (QED) is 0.365. The number of carbonyl (C=O) groups is 1. The van der Waals surface area contributed by atoms with Crippen LogP contribution in [-0.4, -0.2) is 13.0 Å². The number of hydrogen-bond acceptors (Lipinski definition) is 6. The maximum atomic E-state index is 13.7. The average molecular weight is 527 g/mol. The lowest BCUT2D eigenvalue weighted by Gasteiger charge is -2.30. The number of thioether (sulfide) groups is 1. The Morgan fingerprint density at radius 3 is 2.43 bits per heavy atom. The normalized spacial score (nSPS) is 14.9. The number of anilines is 1. The van der Waals surface area contributed by atoms with Gasteiger partial charge in [-0.3, -0.25) is 4.79 Å². The fourth-order valence-corrected chi connectivity index (χ4v) is 5.41. The van der Waals surface area contributed by atoms with Crippen molar-refractivity contribution in [3.8, 4) is 17.9 Å². The number of para-hydroxylation sites is 2. The molecule has 1 amide bonds. The molecule has 3 aromatic rings. The van der Waals surface area contributed by atoms with Gasteiger partial charge in [-0.1, -0.05) is 54.1 Å². The van der Waals surface area contributed by atoms with E-state index in [-0.39, 0.29) is 5.91 Å². The molecule has 3 aromatic carbocycles. The highest BCUT2D eigenvalue weighted by Crippen LogP contribution is 2.43. The molecular weight excluding hydrogens is 504 g/mol. The Balaban J connectivity index is 1.72. The summed E-state index contributed by atoms with van der Waals surface area (Å²) in [6, 6.07) is 26.2. The lowest BCUT2D eigenvalue weighted by molar-refractivity contribution is -0.113. The molecule has 0 aliphatic carbocycles. The third kappa shape index (κ3) is 5.65. The van der Waals surface area contributed by atoms with E-state index in [1.807, 2.05) is 49.4 Å². The number of nitrogens with zero attached hydrogens (tertiary/aromatic N) is 2. The molecule has 0 aromatic heterocycles. The smallest absolute Gasteiger partial charge is 0.254 e. The highest BCUT2D eigenvalue weighted by Gasteiger charge is 2.36. The number of ether oxygens (including phenoxy) is 1. The van der Waals surface area contributed by atoms with Crippen molar-refractivity contribution in [2.45, 2.75) is 18.6 Å². The number of halogens is 1. The van der Waals surface area contributed by atoms with Gasteiger partial charge in [0.1, 0.15) is 5.75 Å². The van der Waals surface area contributed by atoms with E-state index in [1.54, 1.807) is 30.3 Å². The Bertz CT molecular complexity index is 1480. The number of methoxy groups -OCH3 is 1. The number of benzene rings is 3. The molecule has 6 nitrogen and oxygen atoms in total. The first-order chi connectivity index (χ1) is 18.0. The van der Waals surface area contributed by atoms with Crippen molar-refractivity contribution in [1.29, 1.82) is 10.5 Å². The van der Waals surface area contributed by atoms with Crippen LogP contribution in [0.1, 0.15) is 29.5 Å². The van der Waals surface area contributed by atoms with Gasteiger partial charge in [0.2, 0.25) is 0 Å². The molecule has 4 rings (SSSR count). The first-order valence-electron chi connectivity index (χ1n) is 11.4. The monoisotopic (exact) mass is 526 g/mol. The molecule has 1 atom stereocenters. The standard InChI is InChI=1S/C29H23ClN4O2S/c1-18-26(28(35)34-24-9-5-6-10-25(24)36-2)27(21-7-3-4-8-23(21)30)22(16-32)29(33-18)37-17-20-13-11-19(15-31)12-14-20/h3-14,27,33H,17H2,1-2H3,(H,34,35). The Hall–Kier alpha value is -4.17. The molecule has 1 unspecified atom stereocenters. The Kier molecular flexibility index (Phi) is 8.20. The molecule has 0 saturated carbocycles. The van der Waals surface area contributed by atoms with Crippen LogP contribution in [0.4, 0.5) is 5.69 Å². The first kappa shape index (κ1) is 25.9. The maximum Gasteiger partial charge on any atom is 0.254 e. The molecule has 37 heavy (non-hydrogen) atoms. The predicted molar refractivity (Wildman–Crippen MR) is 147 cm³/mol. The summed E-state index contributed by atoms with van der Waals surface area (Å²) in [4.78, 5) is 13.7. The molecule has 1 heterocycles. The molecule has 1 aliphatic heterocycles. The van der Waals surface area contributed by atoms with Crippen molar-refractivity contribution in [2.24, 2.45) is 0 Å². The van der Waals surface area contributed by atoms with Crippen molar-refractivity contribution in [3.63, 3.8) is 0 Å². The molecule has 0 radical (unpaired) electrons. The fourth-order valence-electron chi connectivity index (χ4n) is 4.12. The summed E-state index contributed by atoms with van der Waals surface area (Å²) in [5, 5.41) is 26.7. The molecule has 8 heteroatoms. The van der Waals surface area contributed by atoms with E-state index in [2.05, 4.69) is 22.8 Å². The SMILES string of the molecule is COc1ccccc1NC(=O)C1=C(C)NC(SCc2ccc(C#N)cc2)=C(C#N)C1c1ccccc1Cl. The van der Waals surface area contributed by atoms with E-state index in [1.165, 1.54) is 18.9 Å². The van der Waals surface area contributed by atoms with Crippen molar-refractivity contribution in [1.82, 2.24) is 5.32 Å². The second kappa shape index (κ2) is 11.7. The second-order valence-electron chi connectivity index (χ2n) is 8.22. The summed E-state index contributed by atoms with van der Waals surface area (Å²) in [7, 11) is 1.54. The summed E-state index contributed by atoms with van der Waals surface area (Å²) < 4.78 is 5.39. The lowest BCUT2D eigenvalue weighted by atomic mass is 9.82. The van der Waals surface area contributed by atoms with Crippen molar-refractivity contribution < 1.29 is 9.53 Å². The van der Waals surface area contributed by atoms with Crippen molar-refractivity contribution in [2.75, 3.05) is 12.4 Å². The Morgan fingerprint density at radius 1 is 1.05 bits per heavy atom. The minimum atomic E-state index is -0.668. The summed E-state index contributed by atoms with van der Waals surface area (Å²) in [6.07, 6.45) is 0. The third-order valence-corrected chi connectivity index (χ3v) is 7.36. The predicted octanol–water partition coefficient (Wildman–Crippen LogP) is 6.49. The largest absolute Gasteiger partial charge is 0.495 e. The van der Waals surface area contributed by atoms with Crippen LogP contribution in [0.3, 0.4) is 0 Å². The van der Waals surface area contributed by atoms with Gasteiger partial charge in [-0.05, 0) is 48.4 Å². The lowest BCUT2D eigenvalue weighted by Crippen LogP contribution is -2.31. The first-order valence-corrected chi connectivity index (χ1v) is 12.8. The zero-order valence-corrected chi connectivity index (χ0v) is 21.8. The summed E-state index contributed by atoms with van der Waals surface area (Å²) in [6.45, 7) is 1.82. The number of rotatable bonds is 7. The highest BCUT2D eigenvalue weighted by atomic mass is 35.5. The van der Waals surface area contributed by atoms with E-state index in [0.29, 0.717) is 55.2 Å². The van der Waals surface area contributed by atoms with Crippen LogP contribution in [0.25, 0.3) is 0 Å². The van der Waals surface area contributed by atoms with Crippen LogP contribution in [0.15, 0.2) is 94.7 Å². The Morgan fingerprint density at radius 2 is 1.76 bits per heavy atom. The second-order valence-corrected chi connectivity index (χ2v) is 9.62. The van der Waals surface area contributed by atoms with E-state index in [9.17, 15) is 10.1 Å². The van der Waals surface area contributed by atoms with Crippen molar-refractivity contribution >= 4 is 35.0 Å². The summed E-state index contributed by atoms with van der Waals surface area (Å²) >= 11 is 8.06. The van der Waals surface area contributed by atoms with Crippen molar-refractivity contribution in [3.05, 3.63) is 116 Å². The van der Waals surface area contributed by atoms with Gasteiger partial charge >= 0.3 is 0 Å². The summed E-state index contributed by atoms with van der Waals surface area (Å²) in [5.41, 5.74) is 4.22. The van der Waals surface area contributed by atoms with E-state index < -0.39 is 5.92 Å². The molecule has 184 valence electrons. The number of nitriles is 2. The average Bonchev–Trinajstić information content (AvgIpc) is 2.92. The Labute approximate surface area is 225 Å². The van der Waals surface area contributed by atoms with E-state index in [0.717, 1.165) is 5.56 Å². The highest BCUT2D eigenvalue weighted by molar-refractivity contribution is 8.02. The maximum absolute atomic E-state index is 13.7. The van der Waals surface area contributed by atoms with Gasteiger partial charge in [0, 0.05) is 22.0 Å². The summed E-state index contributed by atoms with van der Waals surface area (Å²) in [5.74, 6) is 0.0770. The van der Waals surface area contributed by atoms with Crippen LogP contribution in [-0.2, 0) is 10.5 Å². The molecule has 0 fully saturated rings. The van der Waals surface area contributed by atoms with Crippen LogP contribution in [0.2, 0.25) is 5.02 Å². The number of hydrogen-bond donors (Lipinski definition) is 2. The van der Waals surface area contributed by atoms with Gasteiger partial charge in [-0.25, -0.2) is 0 Å². The number of nitrogens with one attached hydrogen (secondary N) is 2. The van der Waals surface area contributed by atoms with Gasteiger partial charge in [0.05, 0.1) is 47.0 Å². The number of allylic oxidation sites excluding steroid dienone is 2. The number of dihydropyridines is 1. The molecule has 2 N–H and O–H groups in total. The minimum Gasteiger partial charge on any atom is -0.495 e. The van der Waals surface area contributed by atoms with Gasteiger partial charge in [-0.2, -0.15) is 10.5 Å². The number of carbonyl (C=O) groups excluding carboxylic acids is 1. The van der Waals surface area contributed by atoms with Gasteiger partial charge in [0.15, 0.2) is 0 Å². The van der Waals surface area contributed by atoms with Crippen LogP contribution in [0.5, 0.6) is 5.75 Å². The van der Waals surface area contributed by atoms with Crippen LogP contribution < -0.4 is 15.4 Å². The van der Waals surface area contributed by atoms with Gasteiger partial charge in [0.25, 0.3) is 5.91 Å². The van der Waals surface area contributed by atoms with E-state index in [4.69, 9.17) is 21.6 Å². The minimum absolute atomic E-state index is 0.358. The fraction of sp³-hybridized carbons (Fsp3) is 0.138. The van der Waals surface area contributed by atoms with Crippen LogP contribution in [0, 0.1) is 22.7 Å². The zero-order valence-electron chi connectivity index (χ0n) is 20.2. The molecule has 0 spiro atoms. The number of amides is 1. The molecule has 0 bridgehead atoms.